The van der Waals surface area contributed by atoms with Gasteiger partial charge in [0.2, 0.25) is 0 Å². The van der Waals surface area contributed by atoms with Crippen molar-refractivity contribution in [2.45, 2.75) is 32.7 Å². The van der Waals surface area contributed by atoms with Crippen molar-refractivity contribution in [3.8, 4) is 0 Å². The smallest absolute Gasteiger partial charge is 0.326 e. The Kier molecular flexibility index (Phi) is 6.11. The van der Waals surface area contributed by atoms with E-state index in [1.54, 1.807) is 26.2 Å². The number of amides is 1. The highest BCUT2D eigenvalue weighted by Gasteiger charge is 2.21. The van der Waals surface area contributed by atoms with E-state index >= 15 is 0 Å². The number of aliphatic carboxylic acids is 1. The van der Waals surface area contributed by atoms with Crippen LogP contribution in [-0.2, 0) is 9.53 Å². The van der Waals surface area contributed by atoms with Crippen molar-refractivity contribution in [3.05, 3.63) is 29.1 Å². The van der Waals surface area contributed by atoms with Crippen molar-refractivity contribution >= 4 is 11.9 Å². The van der Waals surface area contributed by atoms with E-state index in [2.05, 4.69) is 10.3 Å². The van der Waals surface area contributed by atoms with Crippen LogP contribution in [0.5, 0.6) is 0 Å². The Morgan fingerprint density at radius 1 is 1.40 bits per heavy atom. The largest absolute Gasteiger partial charge is 0.480 e. The molecule has 0 radical (unpaired) electrons. The summed E-state index contributed by atoms with van der Waals surface area (Å²) in [5.74, 6) is -1.47. The molecule has 6 nitrogen and oxygen atoms in total. The maximum absolute atomic E-state index is 12.1. The Morgan fingerprint density at radius 2 is 2.10 bits per heavy atom. The third-order valence-corrected chi connectivity index (χ3v) is 2.91. The first-order chi connectivity index (χ1) is 9.45. The number of aryl methyl sites for hydroxylation is 2. The van der Waals surface area contributed by atoms with E-state index in [9.17, 15) is 9.59 Å². The van der Waals surface area contributed by atoms with Crippen LogP contribution in [0.1, 0.15) is 34.6 Å². The second-order valence-electron chi connectivity index (χ2n) is 4.58. The fraction of sp³-hybridized carbons (Fsp3) is 0.500. The quantitative estimate of drug-likeness (QED) is 0.735. The van der Waals surface area contributed by atoms with Crippen molar-refractivity contribution in [1.82, 2.24) is 10.3 Å². The van der Waals surface area contributed by atoms with E-state index in [1.807, 2.05) is 6.92 Å². The first-order valence-electron chi connectivity index (χ1n) is 6.42. The van der Waals surface area contributed by atoms with Crippen LogP contribution < -0.4 is 5.32 Å². The number of nitrogens with zero attached hydrogens (tertiary/aromatic N) is 1. The summed E-state index contributed by atoms with van der Waals surface area (Å²) < 4.78 is 4.88. The zero-order valence-corrected chi connectivity index (χ0v) is 12.0. The average Bonchev–Trinajstić information content (AvgIpc) is 2.37. The molecule has 1 aromatic rings. The fourth-order valence-corrected chi connectivity index (χ4v) is 1.85. The summed E-state index contributed by atoms with van der Waals surface area (Å²) in [7, 11) is 1.55. The number of ether oxygens (including phenoxy) is 1. The number of carboxylic acids is 1. The Labute approximate surface area is 118 Å². The molecule has 0 bridgehead atoms. The van der Waals surface area contributed by atoms with Crippen LogP contribution in [0, 0.1) is 13.8 Å². The molecule has 1 aromatic heterocycles. The van der Waals surface area contributed by atoms with Crippen molar-refractivity contribution in [3.63, 3.8) is 0 Å². The number of pyridine rings is 1. The van der Waals surface area contributed by atoms with Gasteiger partial charge in [-0.3, -0.25) is 9.78 Å². The lowest BCUT2D eigenvalue weighted by molar-refractivity contribution is -0.139. The van der Waals surface area contributed by atoms with Gasteiger partial charge in [-0.1, -0.05) is 0 Å². The summed E-state index contributed by atoms with van der Waals surface area (Å²) in [6, 6.07) is 2.46. The van der Waals surface area contributed by atoms with Crippen LogP contribution in [0.25, 0.3) is 0 Å². The summed E-state index contributed by atoms with van der Waals surface area (Å²) in [5, 5.41) is 11.6. The number of rotatable bonds is 7. The van der Waals surface area contributed by atoms with Gasteiger partial charge in [-0.25, -0.2) is 4.79 Å². The van der Waals surface area contributed by atoms with Crippen LogP contribution in [0.15, 0.2) is 12.1 Å². The number of carboxylic acid groups (broad SMARTS) is 1. The van der Waals surface area contributed by atoms with Crippen LogP contribution in [0.2, 0.25) is 0 Å². The zero-order chi connectivity index (χ0) is 15.1. The summed E-state index contributed by atoms with van der Waals surface area (Å²) in [5.41, 5.74) is 1.80. The van der Waals surface area contributed by atoms with Gasteiger partial charge in [0.05, 0.1) is 11.3 Å². The lowest BCUT2D eigenvalue weighted by Gasteiger charge is -2.15. The predicted octanol–water partition coefficient (Wildman–Crippen LogP) is 1.31. The molecular formula is C14H20N2O4. The SMILES string of the molecule is COCCCC(NC(=O)c1ccc(C)nc1C)C(=O)O. The molecule has 0 saturated carbocycles. The Hall–Kier alpha value is -1.95. The molecule has 0 aliphatic heterocycles. The van der Waals surface area contributed by atoms with Gasteiger partial charge in [0.15, 0.2) is 0 Å². The van der Waals surface area contributed by atoms with Gasteiger partial charge in [-0.15, -0.1) is 0 Å². The molecule has 110 valence electrons. The van der Waals surface area contributed by atoms with Gasteiger partial charge < -0.3 is 15.2 Å². The molecule has 0 saturated heterocycles. The third-order valence-electron chi connectivity index (χ3n) is 2.91. The van der Waals surface area contributed by atoms with E-state index in [4.69, 9.17) is 9.84 Å². The van der Waals surface area contributed by atoms with E-state index in [-0.39, 0.29) is 0 Å². The highest BCUT2D eigenvalue weighted by atomic mass is 16.5. The lowest BCUT2D eigenvalue weighted by Crippen LogP contribution is -2.41. The topological polar surface area (TPSA) is 88.5 Å². The van der Waals surface area contributed by atoms with Crippen LogP contribution >= 0.6 is 0 Å². The fourth-order valence-electron chi connectivity index (χ4n) is 1.85. The Bertz CT molecular complexity index is 488. The lowest BCUT2D eigenvalue weighted by atomic mass is 10.1. The summed E-state index contributed by atoms with van der Waals surface area (Å²) in [6.45, 7) is 4.02. The van der Waals surface area contributed by atoms with Gasteiger partial charge in [0.25, 0.3) is 5.91 Å². The highest BCUT2D eigenvalue weighted by molar-refractivity contribution is 5.97. The first kappa shape index (κ1) is 16.1. The predicted molar refractivity (Wildman–Crippen MR) is 73.7 cm³/mol. The van der Waals surface area contributed by atoms with Crippen molar-refractivity contribution < 1.29 is 19.4 Å². The average molecular weight is 280 g/mol. The molecule has 1 unspecified atom stereocenters. The minimum Gasteiger partial charge on any atom is -0.480 e. The number of hydrogen-bond acceptors (Lipinski definition) is 4. The van der Waals surface area contributed by atoms with Crippen LogP contribution in [0.4, 0.5) is 0 Å². The maximum Gasteiger partial charge on any atom is 0.326 e. The van der Waals surface area contributed by atoms with E-state index in [0.717, 1.165) is 5.69 Å². The number of carbonyl (C=O) groups is 2. The molecule has 1 heterocycles. The van der Waals surface area contributed by atoms with Crippen LogP contribution in [0.3, 0.4) is 0 Å². The number of carbonyl (C=O) groups excluding carboxylic acids is 1. The zero-order valence-electron chi connectivity index (χ0n) is 12.0. The Balaban J connectivity index is 2.72. The normalized spacial score (nSPS) is 11.9. The van der Waals surface area contributed by atoms with Gasteiger partial charge >= 0.3 is 5.97 Å². The summed E-state index contributed by atoms with van der Waals surface area (Å²) in [6.07, 6.45) is 0.895. The molecule has 1 rings (SSSR count). The van der Waals surface area contributed by atoms with E-state index < -0.39 is 17.9 Å². The second kappa shape index (κ2) is 7.59. The van der Waals surface area contributed by atoms with Crippen LogP contribution in [-0.4, -0.2) is 41.7 Å². The number of hydrogen-bond donors (Lipinski definition) is 2. The monoisotopic (exact) mass is 280 g/mol. The molecule has 0 aliphatic carbocycles. The Morgan fingerprint density at radius 3 is 2.65 bits per heavy atom. The minimum atomic E-state index is -1.05. The second-order valence-corrected chi connectivity index (χ2v) is 4.58. The molecule has 1 amide bonds. The molecule has 20 heavy (non-hydrogen) atoms. The number of methoxy groups -OCH3 is 1. The molecule has 1 atom stereocenters. The number of aromatic nitrogens is 1. The van der Waals surface area contributed by atoms with Gasteiger partial charge in [0, 0.05) is 19.4 Å². The standard InChI is InChI=1S/C14H20N2O4/c1-9-6-7-11(10(2)15-9)13(17)16-12(14(18)19)5-4-8-20-3/h6-7,12H,4-5,8H2,1-3H3,(H,16,17)(H,18,19). The van der Waals surface area contributed by atoms with Gasteiger partial charge in [-0.2, -0.15) is 0 Å². The minimum absolute atomic E-state index is 0.327. The van der Waals surface area contributed by atoms with E-state index in [1.165, 1.54) is 0 Å². The highest BCUT2D eigenvalue weighted by Crippen LogP contribution is 2.08. The summed E-state index contributed by atoms with van der Waals surface area (Å²) in [4.78, 5) is 27.4. The molecule has 0 aliphatic rings. The molecule has 0 spiro atoms. The van der Waals surface area contributed by atoms with Gasteiger partial charge in [-0.05, 0) is 38.8 Å². The molecule has 2 N–H and O–H groups in total. The van der Waals surface area contributed by atoms with Crippen molar-refractivity contribution in [2.24, 2.45) is 0 Å². The van der Waals surface area contributed by atoms with Crippen molar-refractivity contribution in [2.75, 3.05) is 13.7 Å². The first-order valence-corrected chi connectivity index (χ1v) is 6.42. The third kappa shape index (κ3) is 4.62. The molecule has 6 heteroatoms. The summed E-state index contributed by atoms with van der Waals surface area (Å²) >= 11 is 0. The molecule has 0 fully saturated rings. The molecular weight excluding hydrogens is 260 g/mol. The van der Waals surface area contributed by atoms with Crippen molar-refractivity contribution in [1.29, 1.82) is 0 Å². The maximum atomic E-state index is 12.1. The molecule has 0 aromatic carbocycles. The van der Waals surface area contributed by atoms with E-state index in [0.29, 0.717) is 30.7 Å². The van der Waals surface area contributed by atoms with Gasteiger partial charge in [0.1, 0.15) is 6.04 Å². The number of nitrogens with one attached hydrogen (secondary N) is 1.